The number of anilines is 1. The molecule has 0 heterocycles. The summed E-state index contributed by atoms with van der Waals surface area (Å²) in [6.07, 6.45) is -4.73. The van der Waals surface area contributed by atoms with E-state index in [0.29, 0.717) is 12.1 Å². The predicted molar refractivity (Wildman–Crippen MR) is 52.4 cm³/mol. The first kappa shape index (κ1) is 12.8. The maximum Gasteiger partial charge on any atom is 0.416 e. The van der Waals surface area contributed by atoms with E-state index >= 15 is 0 Å². The van der Waals surface area contributed by atoms with Crippen molar-refractivity contribution < 1.29 is 18.1 Å². The van der Waals surface area contributed by atoms with E-state index in [2.05, 4.69) is 5.32 Å². The van der Waals surface area contributed by atoms with Gasteiger partial charge in [0.15, 0.2) is 0 Å². The minimum Gasteiger partial charge on any atom is -0.381 e. The van der Waals surface area contributed by atoms with Gasteiger partial charge in [-0.3, -0.25) is 10.1 Å². The summed E-state index contributed by atoms with van der Waals surface area (Å²) in [4.78, 5) is 9.65. The molecule has 0 bridgehead atoms. The molecule has 1 N–H and O–H groups in total. The monoisotopic (exact) mass is 245 g/mol. The molecule has 0 atom stereocenters. The molecule has 0 aliphatic carbocycles. The minimum absolute atomic E-state index is 0.231. The van der Waals surface area contributed by atoms with Crippen LogP contribution in [0.5, 0.6) is 0 Å². The van der Waals surface area contributed by atoms with E-state index in [1.165, 1.54) is 13.1 Å². The highest BCUT2D eigenvalue weighted by Crippen LogP contribution is 2.37. The van der Waals surface area contributed by atoms with Crippen LogP contribution in [-0.4, -0.2) is 12.0 Å². The van der Waals surface area contributed by atoms with Crippen molar-refractivity contribution in [2.75, 3.05) is 12.4 Å². The van der Waals surface area contributed by atoms with Gasteiger partial charge in [0, 0.05) is 13.1 Å². The predicted octanol–water partition coefficient (Wildman–Crippen LogP) is 2.53. The first-order chi connectivity index (χ1) is 7.81. The Kier molecular flexibility index (Phi) is 3.22. The highest BCUT2D eigenvalue weighted by atomic mass is 19.4. The summed E-state index contributed by atoms with van der Waals surface area (Å²) in [5.41, 5.74) is -2.65. The lowest BCUT2D eigenvalue weighted by Gasteiger charge is -2.10. The van der Waals surface area contributed by atoms with Gasteiger partial charge in [-0.1, -0.05) is 0 Å². The van der Waals surface area contributed by atoms with Gasteiger partial charge in [-0.2, -0.15) is 18.4 Å². The molecule has 0 aliphatic heterocycles. The van der Waals surface area contributed by atoms with Crippen LogP contribution in [0.15, 0.2) is 12.1 Å². The van der Waals surface area contributed by atoms with Gasteiger partial charge in [-0.25, -0.2) is 0 Å². The second-order valence-electron chi connectivity index (χ2n) is 3.03. The summed E-state index contributed by atoms with van der Waals surface area (Å²) in [6.45, 7) is 0. The third kappa shape index (κ3) is 2.44. The summed E-state index contributed by atoms with van der Waals surface area (Å²) < 4.78 is 37.3. The number of nitrogens with zero attached hydrogens (tertiary/aromatic N) is 2. The lowest BCUT2D eigenvalue weighted by atomic mass is 10.1. The van der Waals surface area contributed by atoms with Crippen LogP contribution in [0.25, 0.3) is 0 Å². The number of halogens is 3. The Bertz CT molecular complexity index is 505. The number of nitrogens with one attached hydrogen (secondary N) is 1. The molecular weight excluding hydrogens is 239 g/mol. The van der Waals surface area contributed by atoms with Gasteiger partial charge in [-0.15, -0.1) is 0 Å². The molecule has 8 heteroatoms. The van der Waals surface area contributed by atoms with Crippen molar-refractivity contribution in [3.63, 3.8) is 0 Å². The fourth-order valence-corrected chi connectivity index (χ4v) is 1.29. The third-order valence-corrected chi connectivity index (χ3v) is 2.01. The molecule has 0 aromatic heterocycles. The molecule has 0 radical (unpaired) electrons. The highest BCUT2D eigenvalue weighted by Gasteiger charge is 2.34. The number of nitro groups is 1. The van der Waals surface area contributed by atoms with Crippen LogP contribution in [0.4, 0.5) is 24.5 Å². The summed E-state index contributed by atoms with van der Waals surface area (Å²) in [5, 5.41) is 21.6. The van der Waals surface area contributed by atoms with Gasteiger partial charge in [0.05, 0.1) is 16.1 Å². The molecule has 0 amide bonds. The molecule has 0 fully saturated rings. The topological polar surface area (TPSA) is 79.0 Å². The normalized spacial score (nSPS) is 10.8. The molecule has 1 rings (SSSR count). The van der Waals surface area contributed by atoms with Crippen molar-refractivity contribution >= 4 is 11.4 Å². The van der Waals surface area contributed by atoms with Crippen molar-refractivity contribution in [2.24, 2.45) is 0 Å². The molecule has 1 aromatic rings. The van der Waals surface area contributed by atoms with Crippen molar-refractivity contribution in [2.45, 2.75) is 6.18 Å². The van der Waals surface area contributed by atoms with Gasteiger partial charge in [0.25, 0.3) is 5.69 Å². The smallest absolute Gasteiger partial charge is 0.381 e. The second-order valence-corrected chi connectivity index (χ2v) is 3.03. The molecule has 0 unspecified atom stereocenters. The maximum atomic E-state index is 12.4. The zero-order chi connectivity index (χ0) is 13.2. The number of hydrogen-bond donors (Lipinski definition) is 1. The van der Waals surface area contributed by atoms with Crippen LogP contribution in [-0.2, 0) is 6.18 Å². The zero-order valence-electron chi connectivity index (χ0n) is 8.50. The number of nitriles is 1. The number of alkyl halides is 3. The zero-order valence-corrected chi connectivity index (χ0v) is 8.50. The molecule has 90 valence electrons. The Morgan fingerprint density at radius 1 is 1.47 bits per heavy atom. The SMILES string of the molecule is CNc1c(C#N)cc(C(F)(F)F)cc1[N+](=O)[O-]. The van der Waals surface area contributed by atoms with Crippen molar-refractivity contribution in [1.82, 2.24) is 0 Å². The van der Waals surface area contributed by atoms with E-state index in [1.54, 1.807) is 0 Å². The minimum atomic E-state index is -4.73. The average molecular weight is 245 g/mol. The lowest BCUT2D eigenvalue weighted by molar-refractivity contribution is -0.384. The fourth-order valence-electron chi connectivity index (χ4n) is 1.29. The quantitative estimate of drug-likeness (QED) is 0.641. The van der Waals surface area contributed by atoms with Crippen LogP contribution in [0.1, 0.15) is 11.1 Å². The second kappa shape index (κ2) is 4.29. The van der Waals surface area contributed by atoms with Crippen molar-refractivity contribution in [3.8, 4) is 6.07 Å². The Balaban J connectivity index is 3.59. The van der Waals surface area contributed by atoms with Gasteiger partial charge < -0.3 is 5.32 Å². The summed E-state index contributed by atoms with van der Waals surface area (Å²) >= 11 is 0. The molecule has 1 aromatic carbocycles. The van der Waals surface area contributed by atoms with Crippen molar-refractivity contribution in [1.29, 1.82) is 5.26 Å². The van der Waals surface area contributed by atoms with Crippen LogP contribution >= 0.6 is 0 Å². The number of rotatable bonds is 2. The van der Waals surface area contributed by atoms with Gasteiger partial charge in [0.2, 0.25) is 0 Å². The van der Waals surface area contributed by atoms with Crippen LogP contribution in [0.2, 0.25) is 0 Å². The Labute approximate surface area is 93.6 Å². The number of hydrogen-bond acceptors (Lipinski definition) is 4. The lowest BCUT2D eigenvalue weighted by Crippen LogP contribution is -2.08. The van der Waals surface area contributed by atoms with E-state index in [9.17, 15) is 23.3 Å². The van der Waals surface area contributed by atoms with E-state index < -0.39 is 27.9 Å². The highest BCUT2D eigenvalue weighted by molar-refractivity contribution is 5.71. The molecule has 0 aliphatic rings. The average Bonchev–Trinajstić information content (AvgIpc) is 2.25. The van der Waals surface area contributed by atoms with E-state index in [4.69, 9.17) is 5.26 Å². The fraction of sp³-hybridized carbons (Fsp3) is 0.222. The first-order valence-electron chi connectivity index (χ1n) is 4.28. The Morgan fingerprint density at radius 2 is 2.06 bits per heavy atom. The van der Waals surface area contributed by atoms with Crippen LogP contribution in [0.3, 0.4) is 0 Å². The summed E-state index contributed by atoms with van der Waals surface area (Å²) in [7, 11) is 1.29. The van der Waals surface area contributed by atoms with Crippen LogP contribution < -0.4 is 5.32 Å². The van der Waals surface area contributed by atoms with E-state index in [1.807, 2.05) is 0 Å². The standard InChI is InChI=1S/C9H6F3N3O2/c1-14-8-5(4-13)2-6(9(10,11)12)3-7(8)15(16)17/h2-3,14H,1H3. The third-order valence-electron chi connectivity index (χ3n) is 2.01. The van der Waals surface area contributed by atoms with E-state index in [0.717, 1.165) is 0 Å². The molecule has 17 heavy (non-hydrogen) atoms. The Hall–Kier alpha value is -2.30. The largest absolute Gasteiger partial charge is 0.416 e. The molecule has 0 saturated carbocycles. The molecule has 5 nitrogen and oxygen atoms in total. The number of benzene rings is 1. The first-order valence-corrected chi connectivity index (χ1v) is 4.28. The number of nitro benzene ring substituents is 1. The molecular formula is C9H6F3N3O2. The Morgan fingerprint density at radius 3 is 2.41 bits per heavy atom. The van der Waals surface area contributed by atoms with Crippen LogP contribution in [0, 0.1) is 21.4 Å². The molecule has 0 saturated heterocycles. The van der Waals surface area contributed by atoms with Gasteiger partial charge >= 0.3 is 6.18 Å². The maximum absolute atomic E-state index is 12.4. The van der Waals surface area contributed by atoms with Gasteiger partial charge in [-0.05, 0) is 6.07 Å². The molecule has 0 spiro atoms. The summed E-state index contributed by atoms with van der Waals surface area (Å²) in [5.74, 6) is 0. The van der Waals surface area contributed by atoms with E-state index in [-0.39, 0.29) is 5.69 Å². The van der Waals surface area contributed by atoms with Crippen molar-refractivity contribution in [3.05, 3.63) is 33.4 Å². The summed E-state index contributed by atoms with van der Waals surface area (Å²) in [6, 6.07) is 2.45. The van der Waals surface area contributed by atoms with Gasteiger partial charge in [0.1, 0.15) is 11.8 Å².